The van der Waals surface area contributed by atoms with Gasteiger partial charge in [-0.1, -0.05) is 44.2 Å². The van der Waals surface area contributed by atoms with Crippen LogP contribution in [0.25, 0.3) is 0 Å². The second-order valence-corrected chi connectivity index (χ2v) is 4.60. The van der Waals surface area contributed by atoms with Gasteiger partial charge in [0.25, 0.3) is 0 Å². The lowest BCUT2D eigenvalue weighted by molar-refractivity contribution is 0.128. The fraction of sp³-hybridized carbons (Fsp3) is 0.600. The summed E-state index contributed by atoms with van der Waals surface area (Å²) in [5, 5.41) is 10.1. The van der Waals surface area contributed by atoms with E-state index in [0.717, 1.165) is 31.5 Å². The molecule has 1 aromatic rings. The molecule has 2 unspecified atom stereocenters. The number of nitrogens with zero attached hydrogens (tertiary/aromatic N) is 1. The number of benzene rings is 1. The van der Waals surface area contributed by atoms with Gasteiger partial charge in [0.1, 0.15) is 0 Å². The van der Waals surface area contributed by atoms with Gasteiger partial charge in [0.2, 0.25) is 0 Å². The number of hydrogen-bond donors (Lipinski definition) is 1. The van der Waals surface area contributed by atoms with Crippen molar-refractivity contribution in [3.05, 3.63) is 35.9 Å². The molecule has 1 aromatic carbocycles. The molecule has 96 valence electrons. The van der Waals surface area contributed by atoms with Crippen LogP contribution in [0.4, 0.5) is 0 Å². The number of aliphatic hydroxyl groups is 1. The molecule has 0 radical (unpaired) electrons. The smallest absolute Gasteiger partial charge is 0.0802 e. The van der Waals surface area contributed by atoms with Gasteiger partial charge in [0.15, 0.2) is 0 Å². The third-order valence-corrected chi connectivity index (χ3v) is 3.49. The quantitative estimate of drug-likeness (QED) is 0.784. The summed E-state index contributed by atoms with van der Waals surface area (Å²) in [5.41, 5.74) is 1.02. The predicted octanol–water partition coefficient (Wildman–Crippen LogP) is 3.23. The van der Waals surface area contributed by atoms with Gasteiger partial charge in [-0.3, -0.25) is 0 Å². The van der Waals surface area contributed by atoms with Gasteiger partial charge < -0.3 is 10.0 Å². The van der Waals surface area contributed by atoms with E-state index >= 15 is 0 Å². The van der Waals surface area contributed by atoms with E-state index in [4.69, 9.17) is 0 Å². The summed E-state index contributed by atoms with van der Waals surface area (Å²) in [6, 6.07) is 10.5. The van der Waals surface area contributed by atoms with Crippen molar-refractivity contribution in [2.45, 2.75) is 45.8 Å². The van der Waals surface area contributed by atoms with Crippen molar-refractivity contribution in [2.24, 2.45) is 0 Å². The minimum absolute atomic E-state index is 0.339. The predicted molar refractivity (Wildman–Crippen MR) is 73.0 cm³/mol. The van der Waals surface area contributed by atoms with Gasteiger partial charge in [0.05, 0.1) is 6.10 Å². The first-order chi connectivity index (χ1) is 8.19. The number of hydrogen-bond acceptors (Lipinski definition) is 2. The first-order valence-electron chi connectivity index (χ1n) is 6.66. The lowest BCUT2D eigenvalue weighted by Crippen LogP contribution is -2.33. The van der Waals surface area contributed by atoms with Crippen molar-refractivity contribution in [1.29, 1.82) is 0 Å². The zero-order valence-electron chi connectivity index (χ0n) is 11.3. The molecule has 0 aliphatic carbocycles. The summed E-state index contributed by atoms with van der Waals surface area (Å²) in [4.78, 5) is 2.42. The Morgan fingerprint density at radius 1 is 1.18 bits per heavy atom. The maximum Gasteiger partial charge on any atom is 0.0802 e. The first-order valence-corrected chi connectivity index (χ1v) is 6.66. The van der Waals surface area contributed by atoms with Crippen LogP contribution in [0.5, 0.6) is 0 Å². The molecular weight excluding hydrogens is 210 g/mol. The Bertz CT molecular complexity index is 299. The van der Waals surface area contributed by atoms with E-state index in [0.29, 0.717) is 6.04 Å². The van der Waals surface area contributed by atoms with Crippen LogP contribution in [0, 0.1) is 0 Å². The highest BCUT2D eigenvalue weighted by molar-refractivity contribution is 5.17. The van der Waals surface area contributed by atoms with E-state index in [1.807, 2.05) is 30.3 Å². The van der Waals surface area contributed by atoms with Crippen LogP contribution in [0.2, 0.25) is 0 Å². The van der Waals surface area contributed by atoms with Crippen LogP contribution in [-0.4, -0.2) is 29.1 Å². The topological polar surface area (TPSA) is 23.5 Å². The highest BCUT2D eigenvalue weighted by atomic mass is 16.3. The number of rotatable bonds is 7. The Morgan fingerprint density at radius 2 is 1.82 bits per heavy atom. The van der Waals surface area contributed by atoms with Gasteiger partial charge in [-0.2, -0.15) is 0 Å². The van der Waals surface area contributed by atoms with Crippen molar-refractivity contribution >= 4 is 0 Å². The summed E-state index contributed by atoms with van der Waals surface area (Å²) in [5.74, 6) is 0. The van der Waals surface area contributed by atoms with Gasteiger partial charge in [-0.15, -0.1) is 0 Å². The molecule has 0 amide bonds. The van der Waals surface area contributed by atoms with E-state index in [1.54, 1.807) is 0 Å². The molecule has 0 aliphatic heterocycles. The SMILES string of the molecule is CCC(C)N(CC)CCC(O)c1ccccc1. The van der Waals surface area contributed by atoms with E-state index in [9.17, 15) is 5.11 Å². The van der Waals surface area contributed by atoms with Gasteiger partial charge >= 0.3 is 0 Å². The van der Waals surface area contributed by atoms with Crippen molar-refractivity contribution in [1.82, 2.24) is 4.90 Å². The molecule has 0 bridgehead atoms. The fourth-order valence-corrected chi connectivity index (χ4v) is 2.08. The molecule has 0 saturated carbocycles. The Kier molecular flexibility index (Phi) is 6.23. The first kappa shape index (κ1) is 14.2. The summed E-state index contributed by atoms with van der Waals surface area (Å²) in [7, 11) is 0. The van der Waals surface area contributed by atoms with Gasteiger partial charge in [0, 0.05) is 12.6 Å². The van der Waals surface area contributed by atoms with Crippen molar-refractivity contribution < 1.29 is 5.11 Å². The summed E-state index contributed by atoms with van der Waals surface area (Å²) in [6.45, 7) is 8.65. The Labute approximate surface area is 105 Å². The second kappa shape index (κ2) is 7.46. The van der Waals surface area contributed by atoms with Crippen LogP contribution in [0.1, 0.15) is 45.3 Å². The lowest BCUT2D eigenvalue weighted by atomic mass is 10.1. The minimum atomic E-state index is -0.339. The fourth-order valence-electron chi connectivity index (χ4n) is 2.08. The van der Waals surface area contributed by atoms with Crippen molar-refractivity contribution in [2.75, 3.05) is 13.1 Å². The zero-order chi connectivity index (χ0) is 12.7. The molecule has 2 heteroatoms. The van der Waals surface area contributed by atoms with Crippen molar-refractivity contribution in [3.63, 3.8) is 0 Å². The molecule has 0 spiro atoms. The van der Waals surface area contributed by atoms with E-state index in [-0.39, 0.29) is 6.10 Å². The van der Waals surface area contributed by atoms with Crippen LogP contribution < -0.4 is 0 Å². The minimum Gasteiger partial charge on any atom is -0.388 e. The molecule has 2 nitrogen and oxygen atoms in total. The van der Waals surface area contributed by atoms with Crippen LogP contribution in [0.15, 0.2) is 30.3 Å². The Morgan fingerprint density at radius 3 is 2.35 bits per heavy atom. The van der Waals surface area contributed by atoms with Gasteiger partial charge in [-0.25, -0.2) is 0 Å². The molecule has 2 atom stereocenters. The normalized spacial score (nSPS) is 14.9. The monoisotopic (exact) mass is 235 g/mol. The Hall–Kier alpha value is -0.860. The van der Waals surface area contributed by atoms with Crippen LogP contribution in [-0.2, 0) is 0 Å². The summed E-state index contributed by atoms with van der Waals surface area (Å²) >= 11 is 0. The molecular formula is C15H25NO. The van der Waals surface area contributed by atoms with Gasteiger partial charge in [-0.05, 0) is 31.9 Å². The molecule has 0 aliphatic rings. The third kappa shape index (κ3) is 4.49. The largest absolute Gasteiger partial charge is 0.388 e. The van der Waals surface area contributed by atoms with E-state index in [1.165, 1.54) is 0 Å². The van der Waals surface area contributed by atoms with Crippen LogP contribution >= 0.6 is 0 Å². The molecule has 0 fully saturated rings. The molecule has 1 rings (SSSR count). The molecule has 17 heavy (non-hydrogen) atoms. The third-order valence-electron chi connectivity index (χ3n) is 3.49. The molecule has 1 N–H and O–H groups in total. The maximum atomic E-state index is 10.1. The molecule has 0 aromatic heterocycles. The zero-order valence-corrected chi connectivity index (χ0v) is 11.3. The lowest BCUT2D eigenvalue weighted by Gasteiger charge is -2.27. The van der Waals surface area contributed by atoms with Crippen LogP contribution in [0.3, 0.4) is 0 Å². The highest BCUT2D eigenvalue weighted by Crippen LogP contribution is 2.17. The average Bonchev–Trinajstić information content (AvgIpc) is 2.39. The maximum absolute atomic E-state index is 10.1. The highest BCUT2D eigenvalue weighted by Gasteiger charge is 2.13. The average molecular weight is 235 g/mol. The molecule has 0 heterocycles. The standard InChI is InChI=1S/C15H25NO/c1-4-13(3)16(5-2)12-11-15(17)14-9-7-6-8-10-14/h6-10,13,15,17H,4-5,11-12H2,1-3H3. The van der Waals surface area contributed by atoms with E-state index in [2.05, 4.69) is 25.7 Å². The Balaban J connectivity index is 2.44. The number of aliphatic hydroxyl groups excluding tert-OH is 1. The van der Waals surface area contributed by atoms with Crippen molar-refractivity contribution in [3.8, 4) is 0 Å². The van der Waals surface area contributed by atoms with E-state index < -0.39 is 0 Å². The summed E-state index contributed by atoms with van der Waals surface area (Å²) in [6.07, 6.45) is 1.63. The molecule has 0 saturated heterocycles. The second-order valence-electron chi connectivity index (χ2n) is 4.60. The summed E-state index contributed by atoms with van der Waals surface area (Å²) < 4.78 is 0.